The Balaban J connectivity index is 1.99. The van der Waals surface area contributed by atoms with Crippen molar-refractivity contribution in [2.75, 3.05) is 0 Å². The third-order valence-electron chi connectivity index (χ3n) is 6.00. The van der Waals surface area contributed by atoms with Gasteiger partial charge in [-0.25, -0.2) is 0 Å². The lowest BCUT2D eigenvalue weighted by Gasteiger charge is -2.32. The minimum absolute atomic E-state index is 0.0512. The fraction of sp³-hybridized carbons (Fsp3) is 0.286. The third kappa shape index (κ3) is 7.24. The molecular weight excluding hydrogens is 442 g/mol. The number of nitro groups is 1. The van der Waals surface area contributed by atoms with Gasteiger partial charge < -0.3 is 10.2 Å². The van der Waals surface area contributed by atoms with E-state index in [0.717, 1.165) is 17.5 Å². The second-order valence-electron chi connectivity index (χ2n) is 8.59. The maximum atomic E-state index is 13.7. The van der Waals surface area contributed by atoms with E-state index in [2.05, 4.69) is 5.32 Å². The van der Waals surface area contributed by atoms with Crippen LogP contribution in [0.1, 0.15) is 37.0 Å². The van der Waals surface area contributed by atoms with Crippen LogP contribution in [0.2, 0.25) is 0 Å². The zero-order valence-electron chi connectivity index (χ0n) is 20.1. The van der Waals surface area contributed by atoms with Crippen LogP contribution in [0.15, 0.2) is 84.9 Å². The minimum Gasteiger partial charge on any atom is -0.352 e. The van der Waals surface area contributed by atoms with Crippen molar-refractivity contribution in [3.05, 3.63) is 112 Å². The summed E-state index contributed by atoms with van der Waals surface area (Å²) in [5.41, 5.74) is 2.01. The molecule has 0 spiro atoms. The molecule has 0 aliphatic heterocycles. The van der Waals surface area contributed by atoms with Crippen molar-refractivity contribution in [2.24, 2.45) is 0 Å². The Kier molecular flexibility index (Phi) is 9.12. The van der Waals surface area contributed by atoms with Gasteiger partial charge in [0, 0.05) is 30.6 Å². The smallest absolute Gasteiger partial charge is 0.273 e. The summed E-state index contributed by atoms with van der Waals surface area (Å²) in [6, 6.07) is 24.4. The van der Waals surface area contributed by atoms with E-state index in [0.29, 0.717) is 12.0 Å². The van der Waals surface area contributed by atoms with E-state index in [9.17, 15) is 19.7 Å². The van der Waals surface area contributed by atoms with Gasteiger partial charge in [-0.1, -0.05) is 85.8 Å². The first kappa shape index (κ1) is 25.6. The molecule has 3 rings (SSSR count). The summed E-state index contributed by atoms with van der Waals surface area (Å²) in [7, 11) is 0. The molecule has 2 atom stereocenters. The quantitative estimate of drug-likeness (QED) is 0.323. The van der Waals surface area contributed by atoms with E-state index < -0.39 is 11.0 Å². The van der Waals surface area contributed by atoms with Gasteiger partial charge in [0.2, 0.25) is 11.8 Å². The van der Waals surface area contributed by atoms with Crippen molar-refractivity contribution in [1.29, 1.82) is 0 Å². The number of nitro benzene ring substituents is 1. The highest BCUT2D eigenvalue weighted by molar-refractivity contribution is 5.89. The molecule has 3 aromatic carbocycles. The number of hydrogen-bond donors (Lipinski definition) is 1. The fourth-order valence-corrected chi connectivity index (χ4v) is 3.88. The molecule has 0 aliphatic rings. The van der Waals surface area contributed by atoms with Crippen LogP contribution >= 0.6 is 0 Å². The number of hydrogen-bond acceptors (Lipinski definition) is 4. The lowest BCUT2D eigenvalue weighted by molar-refractivity contribution is -0.385. The summed E-state index contributed by atoms with van der Waals surface area (Å²) in [6.45, 7) is 4.12. The van der Waals surface area contributed by atoms with Gasteiger partial charge >= 0.3 is 0 Å². The second-order valence-corrected chi connectivity index (χ2v) is 8.59. The Labute approximate surface area is 205 Å². The summed E-state index contributed by atoms with van der Waals surface area (Å²) in [4.78, 5) is 39.8. The van der Waals surface area contributed by atoms with Gasteiger partial charge in [0.05, 0.1) is 11.3 Å². The molecule has 1 N–H and O–H groups in total. The average Bonchev–Trinajstić information content (AvgIpc) is 2.87. The number of nitrogens with zero attached hydrogens (tertiary/aromatic N) is 2. The normalized spacial score (nSPS) is 12.4. The standard InChI is InChI=1S/C28H31N3O4/c1-3-21(2)29-28(33)26(18-22-12-6-4-7-13-22)30(20-23-14-8-5-9-15-23)27(32)19-24-16-10-11-17-25(24)31(34)35/h4-17,21,26H,3,18-20H2,1-2H3,(H,29,33)/t21-,26-/m0/s1. The number of carbonyl (C=O) groups is 2. The fourth-order valence-electron chi connectivity index (χ4n) is 3.88. The van der Waals surface area contributed by atoms with Crippen LogP contribution in [0.5, 0.6) is 0 Å². The van der Waals surface area contributed by atoms with E-state index in [1.807, 2.05) is 74.5 Å². The largest absolute Gasteiger partial charge is 0.352 e. The summed E-state index contributed by atoms with van der Waals surface area (Å²) in [6.07, 6.45) is 0.914. The molecule has 3 aromatic rings. The maximum absolute atomic E-state index is 13.7. The molecule has 0 radical (unpaired) electrons. The summed E-state index contributed by atoms with van der Waals surface area (Å²) in [5.74, 6) is -0.585. The molecule has 0 fully saturated rings. The number of rotatable bonds is 11. The molecule has 0 unspecified atom stereocenters. The third-order valence-corrected chi connectivity index (χ3v) is 6.00. The van der Waals surface area contributed by atoms with Gasteiger partial charge in [-0.15, -0.1) is 0 Å². The van der Waals surface area contributed by atoms with Crippen LogP contribution in [-0.4, -0.2) is 33.7 Å². The van der Waals surface area contributed by atoms with Crippen LogP contribution < -0.4 is 5.32 Å². The van der Waals surface area contributed by atoms with E-state index in [1.165, 1.54) is 6.07 Å². The lowest BCUT2D eigenvalue weighted by Crippen LogP contribution is -2.52. The predicted octanol–water partition coefficient (Wildman–Crippen LogP) is 4.69. The van der Waals surface area contributed by atoms with Gasteiger partial charge in [-0.05, 0) is 24.5 Å². The molecule has 0 aromatic heterocycles. The summed E-state index contributed by atoms with van der Waals surface area (Å²) < 4.78 is 0. The molecule has 35 heavy (non-hydrogen) atoms. The molecule has 0 heterocycles. The molecule has 2 amide bonds. The van der Waals surface area contributed by atoms with Gasteiger partial charge in [0.15, 0.2) is 0 Å². The molecule has 0 bridgehead atoms. The average molecular weight is 474 g/mol. The molecule has 7 nitrogen and oxygen atoms in total. The van der Waals surface area contributed by atoms with Crippen LogP contribution in [-0.2, 0) is 29.0 Å². The van der Waals surface area contributed by atoms with Crippen LogP contribution in [0, 0.1) is 10.1 Å². The van der Waals surface area contributed by atoms with Gasteiger partial charge in [0.25, 0.3) is 5.69 Å². The highest BCUT2D eigenvalue weighted by Gasteiger charge is 2.32. The number of amides is 2. The Bertz CT molecular complexity index is 1140. The van der Waals surface area contributed by atoms with Crippen LogP contribution in [0.3, 0.4) is 0 Å². The Morgan fingerprint density at radius 3 is 2.09 bits per heavy atom. The first-order valence-electron chi connectivity index (χ1n) is 11.8. The van der Waals surface area contributed by atoms with Crippen LogP contribution in [0.4, 0.5) is 5.69 Å². The lowest BCUT2D eigenvalue weighted by atomic mass is 10.0. The number of para-hydroxylation sites is 1. The number of benzene rings is 3. The van der Waals surface area contributed by atoms with Crippen molar-refractivity contribution >= 4 is 17.5 Å². The zero-order valence-corrected chi connectivity index (χ0v) is 20.1. The molecule has 182 valence electrons. The Hall–Kier alpha value is -4.00. The first-order valence-corrected chi connectivity index (χ1v) is 11.8. The van der Waals surface area contributed by atoms with Crippen molar-refractivity contribution in [2.45, 2.75) is 51.7 Å². The highest BCUT2D eigenvalue weighted by Crippen LogP contribution is 2.21. The summed E-state index contributed by atoms with van der Waals surface area (Å²) in [5, 5.41) is 14.5. The van der Waals surface area contributed by atoms with E-state index in [1.54, 1.807) is 23.1 Å². The van der Waals surface area contributed by atoms with Gasteiger partial charge in [0.1, 0.15) is 6.04 Å². The van der Waals surface area contributed by atoms with Crippen molar-refractivity contribution in [3.63, 3.8) is 0 Å². The molecule has 0 saturated carbocycles. The topological polar surface area (TPSA) is 92.6 Å². The molecule has 0 saturated heterocycles. The van der Waals surface area contributed by atoms with E-state index in [4.69, 9.17) is 0 Å². The monoisotopic (exact) mass is 473 g/mol. The number of nitrogens with one attached hydrogen (secondary N) is 1. The summed E-state index contributed by atoms with van der Waals surface area (Å²) >= 11 is 0. The predicted molar refractivity (Wildman–Crippen MR) is 136 cm³/mol. The maximum Gasteiger partial charge on any atom is 0.273 e. The van der Waals surface area contributed by atoms with E-state index in [-0.39, 0.29) is 36.5 Å². The second kappa shape index (κ2) is 12.5. The van der Waals surface area contributed by atoms with Crippen molar-refractivity contribution in [1.82, 2.24) is 10.2 Å². The van der Waals surface area contributed by atoms with Gasteiger partial charge in [-0.3, -0.25) is 19.7 Å². The zero-order chi connectivity index (χ0) is 25.2. The molecule has 0 aliphatic carbocycles. The highest BCUT2D eigenvalue weighted by atomic mass is 16.6. The Morgan fingerprint density at radius 1 is 0.914 bits per heavy atom. The van der Waals surface area contributed by atoms with E-state index >= 15 is 0 Å². The van der Waals surface area contributed by atoms with Crippen LogP contribution in [0.25, 0.3) is 0 Å². The number of carbonyl (C=O) groups excluding carboxylic acids is 2. The van der Waals surface area contributed by atoms with Crippen molar-refractivity contribution < 1.29 is 14.5 Å². The molecule has 7 heteroatoms. The first-order chi connectivity index (χ1) is 16.9. The SMILES string of the molecule is CC[C@H](C)NC(=O)[C@H](Cc1ccccc1)N(Cc1ccccc1)C(=O)Cc1ccccc1[N+](=O)[O-]. The Morgan fingerprint density at radius 2 is 1.49 bits per heavy atom. The van der Waals surface area contributed by atoms with Crippen molar-refractivity contribution in [3.8, 4) is 0 Å². The molecular formula is C28H31N3O4. The van der Waals surface area contributed by atoms with Gasteiger partial charge in [-0.2, -0.15) is 0 Å². The minimum atomic E-state index is -0.776.